The van der Waals surface area contributed by atoms with Gasteiger partial charge in [-0.05, 0) is 96.8 Å². The van der Waals surface area contributed by atoms with Gasteiger partial charge < -0.3 is 18.9 Å². The third kappa shape index (κ3) is 4.88. The summed E-state index contributed by atoms with van der Waals surface area (Å²) < 4.78 is 95.5. The van der Waals surface area contributed by atoms with Crippen molar-refractivity contribution in [3.05, 3.63) is 19.8 Å². The Labute approximate surface area is 251 Å². The smallest absolute Gasteiger partial charge is 0.400 e. The zero-order chi connectivity index (χ0) is 26.1. The molecule has 9 nitrogen and oxygen atoms in total. The Bertz CT molecular complexity index is 1210. The summed E-state index contributed by atoms with van der Waals surface area (Å²) in [6, 6.07) is 0. The highest BCUT2D eigenvalue weighted by atomic mass is 127. The van der Waals surface area contributed by atoms with Crippen molar-refractivity contribution in [1.82, 2.24) is 0 Å². The van der Waals surface area contributed by atoms with Crippen LogP contribution in [0.3, 0.4) is 0 Å². The van der Waals surface area contributed by atoms with E-state index in [-0.39, 0.29) is 12.8 Å². The number of halogens is 7. The van der Waals surface area contributed by atoms with E-state index in [1.807, 2.05) is 22.6 Å². The number of fused-ring (bicyclic) bond motifs is 4. The first-order chi connectivity index (χ1) is 16.1. The highest BCUT2D eigenvalue weighted by molar-refractivity contribution is 14.1. The molecule has 3 aliphatic rings. The van der Waals surface area contributed by atoms with Crippen LogP contribution in [0.1, 0.15) is 29.6 Å². The minimum Gasteiger partial charge on any atom is -0.465 e. The second-order valence-corrected chi connectivity index (χ2v) is 13.7. The van der Waals surface area contributed by atoms with Crippen LogP contribution in [-0.4, -0.2) is 60.9 Å². The third-order valence-electron chi connectivity index (χ3n) is 5.83. The van der Waals surface area contributed by atoms with Crippen molar-refractivity contribution in [3.63, 3.8) is 0 Å². The van der Waals surface area contributed by atoms with Gasteiger partial charge in [-0.2, -0.15) is 17.2 Å². The lowest BCUT2D eigenvalue weighted by Crippen LogP contribution is -2.54. The van der Waals surface area contributed by atoms with Crippen LogP contribution in [0.4, 0.5) is 13.2 Å². The van der Waals surface area contributed by atoms with Gasteiger partial charge in [-0.1, -0.05) is 0 Å². The Morgan fingerprint density at radius 3 is 2.37 bits per heavy atom. The molecular weight excluding hydrogens is 957 g/mol. The molecule has 194 valence electrons. The Hall–Kier alpha value is 0.540. The number of ether oxygens (including phenoxy) is 4. The lowest BCUT2D eigenvalue weighted by atomic mass is 9.84. The SMILES string of the molecule is O=C1OC2(CC3OC2CC3C(=O)OCCC(F)C(F)(F)S(=O)(=O)O)Oc2c(I)c(I)c(I)c(I)c21. The molecule has 0 saturated carbocycles. The summed E-state index contributed by atoms with van der Waals surface area (Å²) in [4.78, 5) is 25.4. The standard InChI is InChI=1S/C18H13F3I4O9S/c19-7(18(20,21)35(28,29)30)1-2-31-15(26)5-3-8-17(4-6(5)32-8)33-14-9(16(27)34-17)10(22)11(23)12(24)13(14)25/h5-8H,1-4H2,(H,28,29,30). The minimum absolute atomic E-state index is 0.0183. The molecule has 2 saturated heterocycles. The van der Waals surface area contributed by atoms with Crippen LogP contribution in [0.2, 0.25) is 0 Å². The Morgan fingerprint density at radius 2 is 1.80 bits per heavy atom. The number of hydrogen-bond acceptors (Lipinski definition) is 8. The third-order valence-corrected chi connectivity index (χ3v) is 14.1. The molecule has 17 heteroatoms. The van der Waals surface area contributed by atoms with Crippen LogP contribution in [0, 0.1) is 20.2 Å². The van der Waals surface area contributed by atoms with Crippen LogP contribution in [0.15, 0.2) is 0 Å². The predicted molar refractivity (Wildman–Crippen MR) is 144 cm³/mol. The molecule has 3 heterocycles. The van der Waals surface area contributed by atoms with Crippen LogP contribution in [0.25, 0.3) is 0 Å². The molecular formula is C18H13F3I4O9S. The molecule has 1 aromatic rings. The Kier molecular flexibility index (Phi) is 8.10. The van der Waals surface area contributed by atoms with E-state index in [2.05, 4.69) is 67.8 Å². The molecule has 2 fully saturated rings. The maximum Gasteiger partial charge on any atom is 0.400 e. The van der Waals surface area contributed by atoms with Gasteiger partial charge in [0.25, 0.3) is 5.79 Å². The number of carbonyl (C=O) groups excluding carboxylic acids is 2. The molecule has 0 aliphatic carbocycles. The van der Waals surface area contributed by atoms with Crippen molar-refractivity contribution in [2.24, 2.45) is 5.92 Å². The van der Waals surface area contributed by atoms with Gasteiger partial charge in [-0.3, -0.25) is 9.35 Å². The van der Waals surface area contributed by atoms with Crippen LogP contribution < -0.4 is 4.74 Å². The first kappa shape index (κ1) is 28.5. The van der Waals surface area contributed by atoms with Gasteiger partial charge in [0.1, 0.15) is 11.7 Å². The number of hydrogen-bond donors (Lipinski definition) is 1. The highest BCUT2D eigenvalue weighted by Crippen LogP contribution is 2.52. The molecule has 1 N–H and O–H groups in total. The van der Waals surface area contributed by atoms with E-state index in [1.165, 1.54) is 0 Å². The van der Waals surface area contributed by atoms with E-state index in [0.717, 1.165) is 10.7 Å². The second kappa shape index (κ2) is 9.93. The summed E-state index contributed by atoms with van der Waals surface area (Å²) in [5, 5.41) is -5.02. The predicted octanol–water partition coefficient (Wildman–Crippen LogP) is 4.28. The zero-order valence-corrected chi connectivity index (χ0v) is 26.4. The second-order valence-electron chi connectivity index (χ2n) is 7.93. The number of esters is 2. The van der Waals surface area contributed by atoms with E-state index in [0.29, 0.717) is 14.9 Å². The minimum atomic E-state index is -5.95. The molecule has 4 rings (SSSR count). The summed E-state index contributed by atoms with van der Waals surface area (Å²) in [5.41, 5.74) is 0.312. The fourth-order valence-electron chi connectivity index (χ4n) is 4.08. The molecule has 1 aromatic carbocycles. The maximum absolute atomic E-state index is 13.6. The number of alkyl halides is 3. The van der Waals surface area contributed by atoms with Gasteiger partial charge in [0, 0.05) is 17.1 Å². The number of rotatable bonds is 6. The van der Waals surface area contributed by atoms with Gasteiger partial charge in [-0.15, -0.1) is 0 Å². The van der Waals surface area contributed by atoms with Crippen molar-refractivity contribution in [2.75, 3.05) is 6.61 Å². The zero-order valence-electron chi connectivity index (χ0n) is 16.9. The largest absolute Gasteiger partial charge is 0.465 e. The fourth-order valence-corrected chi connectivity index (χ4v) is 7.99. The monoisotopic (exact) mass is 970 g/mol. The van der Waals surface area contributed by atoms with Crippen molar-refractivity contribution < 1.29 is 54.7 Å². The quantitative estimate of drug-likeness (QED) is 0.146. The van der Waals surface area contributed by atoms with Crippen molar-refractivity contribution in [1.29, 1.82) is 0 Å². The summed E-state index contributed by atoms with van der Waals surface area (Å²) >= 11 is 8.42. The molecule has 0 amide bonds. The van der Waals surface area contributed by atoms with E-state index >= 15 is 0 Å². The first-order valence-corrected chi connectivity index (χ1v) is 15.5. The fraction of sp³-hybridized carbons (Fsp3) is 0.556. The van der Waals surface area contributed by atoms with E-state index in [1.54, 1.807) is 0 Å². The Balaban J connectivity index is 1.42. The molecule has 0 radical (unpaired) electrons. The van der Waals surface area contributed by atoms with Gasteiger partial charge in [0.2, 0.25) is 0 Å². The summed E-state index contributed by atoms with van der Waals surface area (Å²) in [5.74, 6) is -3.34. The summed E-state index contributed by atoms with van der Waals surface area (Å²) in [6.07, 6.45) is -5.91. The lowest BCUT2D eigenvalue weighted by molar-refractivity contribution is -0.186. The van der Waals surface area contributed by atoms with Crippen LogP contribution >= 0.6 is 90.4 Å². The van der Waals surface area contributed by atoms with E-state index in [9.17, 15) is 31.2 Å². The molecule has 3 aliphatic heterocycles. The molecule has 0 aromatic heterocycles. The number of benzene rings is 1. The molecule has 5 atom stereocenters. The van der Waals surface area contributed by atoms with Gasteiger partial charge >= 0.3 is 27.3 Å². The van der Waals surface area contributed by atoms with Crippen LogP contribution in [-0.2, 0) is 29.1 Å². The number of carbonyl (C=O) groups is 2. The maximum atomic E-state index is 13.6. The molecule has 5 unspecified atom stereocenters. The molecule has 1 spiro atoms. The normalized spacial score (nSPS) is 28.5. The molecule has 2 bridgehead atoms. The summed E-state index contributed by atoms with van der Waals surface area (Å²) in [6.45, 7) is -0.837. The lowest BCUT2D eigenvalue weighted by Gasteiger charge is -2.40. The average Bonchev–Trinajstić information content (AvgIpc) is 3.32. The molecule has 35 heavy (non-hydrogen) atoms. The topological polar surface area (TPSA) is 125 Å². The van der Waals surface area contributed by atoms with Crippen molar-refractivity contribution in [2.45, 2.75) is 48.7 Å². The van der Waals surface area contributed by atoms with Gasteiger partial charge in [0.15, 0.2) is 11.9 Å². The summed E-state index contributed by atoms with van der Waals surface area (Å²) in [7, 11) is -5.95. The van der Waals surface area contributed by atoms with Crippen molar-refractivity contribution in [3.8, 4) is 5.75 Å². The Morgan fingerprint density at radius 1 is 1.17 bits per heavy atom. The average molecular weight is 970 g/mol. The van der Waals surface area contributed by atoms with Gasteiger partial charge in [0.05, 0.1) is 28.6 Å². The van der Waals surface area contributed by atoms with Crippen molar-refractivity contribution >= 4 is 112 Å². The van der Waals surface area contributed by atoms with Crippen LogP contribution in [0.5, 0.6) is 5.75 Å². The van der Waals surface area contributed by atoms with E-state index < -0.39 is 70.4 Å². The van der Waals surface area contributed by atoms with Gasteiger partial charge in [-0.25, -0.2) is 9.18 Å². The first-order valence-electron chi connectivity index (χ1n) is 9.70. The highest BCUT2D eigenvalue weighted by Gasteiger charge is 2.65. The van der Waals surface area contributed by atoms with E-state index in [4.69, 9.17) is 23.5 Å².